The van der Waals surface area contributed by atoms with E-state index in [9.17, 15) is 4.79 Å². The van der Waals surface area contributed by atoms with Crippen molar-refractivity contribution >= 4 is 68.1 Å². The van der Waals surface area contributed by atoms with Crippen LogP contribution in [0.1, 0.15) is 36.6 Å². The van der Waals surface area contributed by atoms with Crippen molar-refractivity contribution in [2.24, 2.45) is 10.8 Å². The summed E-state index contributed by atoms with van der Waals surface area (Å²) in [6.07, 6.45) is 0. The van der Waals surface area contributed by atoms with Crippen LogP contribution in [0.5, 0.6) is 0 Å². The maximum atomic E-state index is 12.7. The van der Waals surface area contributed by atoms with Gasteiger partial charge in [-0.05, 0) is 0 Å². The van der Waals surface area contributed by atoms with Crippen molar-refractivity contribution in [1.82, 2.24) is 0 Å². The van der Waals surface area contributed by atoms with Crippen molar-refractivity contribution in [2.75, 3.05) is 0 Å². The third-order valence-corrected chi connectivity index (χ3v) is 17.8. The van der Waals surface area contributed by atoms with Crippen LogP contribution in [0.2, 0.25) is 0 Å². The van der Waals surface area contributed by atoms with Gasteiger partial charge in [-0.1, -0.05) is 0 Å². The molecule has 1 nitrogen and oxygen atoms in total. The summed E-state index contributed by atoms with van der Waals surface area (Å²) in [4.78, 5) is 17.4. The van der Waals surface area contributed by atoms with Crippen LogP contribution < -0.4 is 0 Å². The van der Waals surface area contributed by atoms with Crippen LogP contribution in [-0.2, 0) is 8.87 Å². The third kappa shape index (κ3) is 2.01. The minimum atomic E-state index is -0.264. The predicted molar refractivity (Wildman–Crippen MR) is 106 cm³/mol. The van der Waals surface area contributed by atoms with E-state index in [2.05, 4.69) is 73.6 Å². The molecule has 0 atom stereocenters. The molecule has 1 aliphatic carbocycles. The van der Waals surface area contributed by atoms with Gasteiger partial charge in [0.25, 0.3) is 0 Å². The van der Waals surface area contributed by atoms with E-state index in [1.54, 1.807) is 8.87 Å². The zero-order valence-electron chi connectivity index (χ0n) is 13.4. The zero-order chi connectivity index (χ0) is 16.5. The summed E-state index contributed by atoms with van der Waals surface area (Å²) in [6.45, 7) is 8.60. The van der Waals surface area contributed by atoms with E-state index in [0.29, 0.717) is 34.8 Å². The van der Waals surface area contributed by atoms with Crippen LogP contribution >= 0.6 is 33.3 Å². The fraction of sp³-hybridized carbons (Fsp3) is 0.471. The number of carbonyl (C=O) groups excluding carboxylic acids is 1. The molecule has 0 bridgehead atoms. The molecule has 1 spiro atoms. The summed E-state index contributed by atoms with van der Waals surface area (Å²) in [5, 5.41) is 0. The quantitative estimate of drug-likeness (QED) is 0.455. The van der Waals surface area contributed by atoms with Gasteiger partial charge in [0.2, 0.25) is 0 Å². The van der Waals surface area contributed by atoms with Crippen LogP contribution in [0.25, 0.3) is 0 Å². The molecule has 2 aromatic rings. The van der Waals surface area contributed by atoms with Gasteiger partial charge < -0.3 is 0 Å². The van der Waals surface area contributed by atoms with Gasteiger partial charge >= 0.3 is 163 Å². The number of rotatable bonds is 2. The first-order valence-corrected chi connectivity index (χ1v) is 14.1. The molecule has 1 saturated heterocycles. The molecule has 2 aromatic heterocycles. The Labute approximate surface area is 161 Å². The Hall–Kier alpha value is 0.719. The van der Waals surface area contributed by atoms with E-state index in [0.717, 1.165) is 0 Å². The monoisotopic (exact) mass is 494 g/mol. The Balaban J connectivity index is 1.86. The standard InChI is InChI=1S/C17H18OS3Se2/c1-14(2)13(18)15(3,4)17(14)19-16(20-21-17,11-7-5-9-22-11)12-8-6-10-23-12/h5-10H,1-4H3. The predicted octanol–water partition coefficient (Wildman–Crippen LogP) is 4.46. The van der Waals surface area contributed by atoms with E-state index in [1.807, 2.05) is 21.6 Å². The SMILES string of the molecule is CC1(C)C(=O)C(C)(C)C12SSC(c1ccc[se]1)(c1ccc[se]1)S2. The normalized spacial score (nSPS) is 26.3. The van der Waals surface area contributed by atoms with Crippen LogP contribution in [0.4, 0.5) is 0 Å². The summed E-state index contributed by atoms with van der Waals surface area (Å²) in [5.74, 6) is 0.412. The van der Waals surface area contributed by atoms with Crippen LogP contribution in [0.3, 0.4) is 0 Å². The Bertz CT molecular complexity index is 695. The van der Waals surface area contributed by atoms with Gasteiger partial charge in [-0.3, -0.25) is 0 Å². The Kier molecular flexibility index (Phi) is 4.00. The first-order valence-electron chi connectivity index (χ1n) is 7.48. The molecule has 2 fully saturated rings. The fourth-order valence-electron chi connectivity index (χ4n) is 3.85. The van der Waals surface area contributed by atoms with E-state index in [1.165, 1.54) is 0 Å². The number of hydrogen-bond acceptors (Lipinski definition) is 4. The third-order valence-electron chi connectivity index (χ3n) is 5.04. The van der Waals surface area contributed by atoms with Gasteiger partial charge in [0.05, 0.1) is 0 Å². The maximum absolute atomic E-state index is 12.7. The first-order chi connectivity index (χ1) is 10.8. The van der Waals surface area contributed by atoms with Gasteiger partial charge in [0.15, 0.2) is 0 Å². The molecule has 6 heteroatoms. The number of thioether (sulfide) groups is 1. The molecule has 4 rings (SSSR count). The second-order valence-electron chi connectivity index (χ2n) is 7.04. The van der Waals surface area contributed by atoms with Crippen LogP contribution in [0.15, 0.2) is 34.1 Å². The van der Waals surface area contributed by atoms with Crippen molar-refractivity contribution in [3.05, 3.63) is 43.0 Å². The molecule has 0 N–H and O–H groups in total. The summed E-state index contributed by atoms with van der Waals surface area (Å²) in [7, 11) is 3.99. The Morgan fingerprint density at radius 3 is 1.83 bits per heavy atom. The zero-order valence-corrected chi connectivity index (χ0v) is 19.3. The van der Waals surface area contributed by atoms with Gasteiger partial charge in [0, 0.05) is 0 Å². The second-order valence-corrected chi connectivity index (χ2v) is 15.5. The van der Waals surface area contributed by atoms with Gasteiger partial charge in [-0.15, -0.1) is 0 Å². The second kappa shape index (κ2) is 5.36. The Morgan fingerprint density at radius 2 is 1.39 bits per heavy atom. The first kappa shape index (κ1) is 17.1. The van der Waals surface area contributed by atoms with Crippen LogP contribution in [-0.4, -0.2) is 38.9 Å². The topological polar surface area (TPSA) is 17.1 Å². The summed E-state index contributed by atoms with van der Waals surface area (Å²) < 4.78 is 3.12. The molecule has 2 aliphatic rings. The van der Waals surface area contributed by atoms with Gasteiger partial charge in [-0.2, -0.15) is 0 Å². The van der Waals surface area contributed by atoms with Crippen molar-refractivity contribution in [3.63, 3.8) is 0 Å². The van der Waals surface area contributed by atoms with Crippen molar-refractivity contribution in [3.8, 4) is 0 Å². The van der Waals surface area contributed by atoms with Crippen molar-refractivity contribution in [1.29, 1.82) is 0 Å². The number of carbonyl (C=O) groups is 1. The number of ketones is 1. The molecule has 3 heterocycles. The molecule has 0 radical (unpaired) electrons. The summed E-state index contributed by atoms with van der Waals surface area (Å²) in [5.41, 5.74) is -0.528. The van der Waals surface area contributed by atoms with Crippen molar-refractivity contribution < 1.29 is 4.79 Å². The fourth-order valence-corrected chi connectivity index (χ4v) is 17.5. The molecule has 23 heavy (non-hydrogen) atoms. The average Bonchev–Trinajstić information content (AvgIpc) is 3.23. The molecular formula is C17H18OS3Se2. The van der Waals surface area contributed by atoms with E-state index >= 15 is 0 Å². The molecule has 122 valence electrons. The molecule has 0 unspecified atom stereocenters. The molecule has 0 aromatic carbocycles. The molecule has 1 aliphatic heterocycles. The van der Waals surface area contributed by atoms with E-state index < -0.39 is 0 Å². The number of Topliss-reactive ketones (excluding diaryl/α,β-unsaturated/α-hetero) is 1. The average molecular weight is 492 g/mol. The summed E-state index contributed by atoms with van der Waals surface area (Å²) in [6, 6.07) is 9.09. The van der Waals surface area contributed by atoms with Gasteiger partial charge in [-0.25, -0.2) is 0 Å². The molecule has 0 amide bonds. The van der Waals surface area contributed by atoms with Crippen LogP contribution in [0, 0.1) is 10.8 Å². The molecular weight excluding hydrogens is 474 g/mol. The molecule has 1 saturated carbocycles. The van der Waals surface area contributed by atoms with Gasteiger partial charge in [0.1, 0.15) is 0 Å². The van der Waals surface area contributed by atoms with E-state index in [-0.39, 0.29) is 19.0 Å². The van der Waals surface area contributed by atoms with Crippen molar-refractivity contribution in [2.45, 2.75) is 35.9 Å². The minimum absolute atomic E-state index is 0.0346. The Morgan fingerprint density at radius 1 is 0.870 bits per heavy atom. The van der Waals surface area contributed by atoms with E-state index in [4.69, 9.17) is 0 Å². The summed E-state index contributed by atoms with van der Waals surface area (Å²) >= 11 is 2.96. The number of hydrogen-bond donors (Lipinski definition) is 0.